The van der Waals surface area contributed by atoms with Gasteiger partial charge in [-0.3, -0.25) is 9.69 Å². The van der Waals surface area contributed by atoms with Gasteiger partial charge in [0.2, 0.25) is 0 Å². The maximum atomic E-state index is 12.5. The predicted octanol–water partition coefficient (Wildman–Crippen LogP) is 1.39. The molecule has 0 aromatic carbocycles. The van der Waals surface area contributed by atoms with Crippen molar-refractivity contribution in [1.29, 1.82) is 0 Å². The lowest BCUT2D eigenvalue weighted by molar-refractivity contribution is -0.113. The summed E-state index contributed by atoms with van der Waals surface area (Å²) in [5, 5.41) is 0. The van der Waals surface area contributed by atoms with Crippen molar-refractivity contribution in [3.63, 3.8) is 0 Å². The van der Waals surface area contributed by atoms with Crippen LogP contribution in [0.4, 0.5) is 4.39 Å². The highest BCUT2D eigenvalue weighted by atomic mass is 35.5. The number of hydrogen-bond donors (Lipinski definition) is 0. The van der Waals surface area contributed by atoms with Crippen LogP contribution in [0.25, 0.3) is 0 Å². The molecule has 0 aromatic heterocycles. The maximum absolute atomic E-state index is 12.5. The van der Waals surface area contributed by atoms with E-state index in [2.05, 4.69) is 0 Å². The number of halogens is 2. The van der Waals surface area contributed by atoms with Gasteiger partial charge in [-0.05, 0) is 19.0 Å². The van der Waals surface area contributed by atoms with Crippen LogP contribution in [0.1, 0.15) is 6.42 Å². The first-order chi connectivity index (χ1) is 6.19. The Morgan fingerprint density at radius 2 is 2.54 bits per heavy atom. The number of carbonyl (C=O) groups is 1. The third-order valence-corrected chi connectivity index (χ3v) is 2.60. The molecule has 1 atom stereocenters. The molecule has 0 aromatic rings. The molecule has 0 amide bonds. The Bertz CT molecular complexity index is 230. The molecule has 2 nitrogen and oxygen atoms in total. The maximum Gasteiger partial charge on any atom is 0.173 e. The summed E-state index contributed by atoms with van der Waals surface area (Å²) in [4.78, 5) is 13.1. The van der Waals surface area contributed by atoms with Crippen LogP contribution in [-0.4, -0.2) is 42.9 Å². The zero-order chi connectivity index (χ0) is 9.84. The quantitative estimate of drug-likeness (QED) is 0.650. The van der Waals surface area contributed by atoms with Crippen molar-refractivity contribution in [2.75, 3.05) is 26.1 Å². The summed E-state index contributed by atoms with van der Waals surface area (Å²) in [7, 11) is 1.85. The molecule has 0 N–H and O–H groups in total. The molecule has 0 radical (unpaired) electrons. The number of nitrogens with zero attached hydrogens (tertiary/aromatic N) is 1. The van der Waals surface area contributed by atoms with Gasteiger partial charge in [0.05, 0.1) is 5.88 Å². The van der Waals surface area contributed by atoms with E-state index in [1.54, 1.807) is 0 Å². The molecule has 0 bridgehead atoms. The Morgan fingerprint density at radius 3 is 3.08 bits per heavy atom. The molecule has 0 spiro atoms. The van der Waals surface area contributed by atoms with Crippen LogP contribution in [0.3, 0.4) is 0 Å². The van der Waals surface area contributed by atoms with Crippen LogP contribution in [0, 0.1) is 0 Å². The van der Waals surface area contributed by atoms with E-state index >= 15 is 0 Å². The first-order valence-electron chi connectivity index (χ1n) is 4.23. The average Bonchev–Trinajstić information content (AvgIpc) is 2.17. The minimum atomic E-state index is -0.413. The molecule has 0 aliphatic carbocycles. The van der Waals surface area contributed by atoms with E-state index in [1.807, 2.05) is 18.0 Å². The molecule has 13 heavy (non-hydrogen) atoms. The second-order valence-corrected chi connectivity index (χ2v) is 3.51. The number of carbonyl (C=O) groups excluding carboxylic acids is 1. The van der Waals surface area contributed by atoms with E-state index in [1.165, 1.54) is 0 Å². The summed E-state index contributed by atoms with van der Waals surface area (Å²) in [6.07, 6.45) is 2.31. The summed E-state index contributed by atoms with van der Waals surface area (Å²) in [6.45, 7) is 0.218. The van der Waals surface area contributed by atoms with Crippen molar-refractivity contribution in [1.82, 2.24) is 4.90 Å². The molecule has 0 unspecified atom stereocenters. The second kappa shape index (κ2) is 4.72. The molecule has 0 saturated heterocycles. The van der Waals surface area contributed by atoms with Gasteiger partial charge >= 0.3 is 0 Å². The standard InChI is InChI=1S/C9H13ClFNO/c1-12-3-2-7(9(13)5-10)4-8(12)6-11/h2,8H,3-6H2,1H3/t8-/m0/s1. The molecular formula is C9H13ClFNO. The first-order valence-corrected chi connectivity index (χ1v) is 4.77. The van der Waals surface area contributed by atoms with Crippen LogP contribution >= 0.6 is 11.6 Å². The summed E-state index contributed by atoms with van der Waals surface area (Å²) >= 11 is 5.41. The summed E-state index contributed by atoms with van der Waals surface area (Å²) < 4.78 is 12.5. The monoisotopic (exact) mass is 205 g/mol. The van der Waals surface area contributed by atoms with E-state index in [-0.39, 0.29) is 17.7 Å². The molecule has 4 heteroatoms. The van der Waals surface area contributed by atoms with Crippen LogP contribution in [-0.2, 0) is 4.79 Å². The molecule has 74 valence electrons. The Morgan fingerprint density at radius 1 is 1.85 bits per heavy atom. The molecule has 0 saturated carbocycles. The fourth-order valence-electron chi connectivity index (χ4n) is 1.38. The van der Waals surface area contributed by atoms with Gasteiger partial charge in [0, 0.05) is 12.6 Å². The number of ketones is 1. The molecule has 1 aliphatic heterocycles. The third kappa shape index (κ3) is 2.51. The van der Waals surface area contributed by atoms with Gasteiger partial charge in [-0.15, -0.1) is 11.6 Å². The third-order valence-electron chi connectivity index (χ3n) is 2.36. The smallest absolute Gasteiger partial charge is 0.173 e. The summed E-state index contributed by atoms with van der Waals surface area (Å²) in [6, 6.07) is -0.160. The van der Waals surface area contributed by atoms with Crippen molar-refractivity contribution in [2.45, 2.75) is 12.5 Å². The molecular weight excluding hydrogens is 193 g/mol. The van der Waals surface area contributed by atoms with E-state index in [0.29, 0.717) is 18.5 Å². The van der Waals surface area contributed by atoms with Gasteiger partial charge in [0.15, 0.2) is 5.78 Å². The van der Waals surface area contributed by atoms with Crippen molar-refractivity contribution in [3.8, 4) is 0 Å². The predicted molar refractivity (Wildman–Crippen MR) is 50.8 cm³/mol. The van der Waals surface area contributed by atoms with E-state index in [9.17, 15) is 9.18 Å². The Balaban J connectivity index is 2.65. The Hall–Kier alpha value is -0.410. The van der Waals surface area contributed by atoms with E-state index < -0.39 is 6.67 Å². The van der Waals surface area contributed by atoms with Gasteiger partial charge in [-0.2, -0.15) is 0 Å². The fraction of sp³-hybridized carbons (Fsp3) is 0.667. The average molecular weight is 206 g/mol. The molecule has 1 rings (SSSR count). The van der Waals surface area contributed by atoms with Crippen LogP contribution in [0.2, 0.25) is 0 Å². The second-order valence-electron chi connectivity index (χ2n) is 3.24. The minimum absolute atomic E-state index is 0.00540. The van der Waals surface area contributed by atoms with Gasteiger partial charge in [0.25, 0.3) is 0 Å². The van der Waals surface area contributed by atoms with Crippen molar-refractivity contribution in [2.24, 2.45) is 0 Å². The molecule has 1 aliphatic rings. The summed E-state index contributed by atoms with van der Waals surface area (Å²) in [5.41, 5.74) is 0.677. The topological polar surface area (TPSA) is 20.3 Å². The van der Waals surface area contributed by atoms with Gasteiger partial charge in [-0.1, -0.05) is 6.08 Å². The number of Topliss-reactive ketones (excluding diaryl/α,β-unsaturated/α-hetero) is 1. The lowest BCUT2D eigenvalue weighted by Gasteiger charge is -2.29. The van der Waals surface area contributed by atoms with E-state index in [4.69, 9.17) is 11.6 Å². The Labute approximate surface area is 82.4 Å². The number of alkyl halides is 2. The van der Waals surface area contributed by atoms with Gasteiger partial charge in [0.1, 0.15) is 6.67 Å². The lowest BCUT2D eigenvalue weighted by Crippen LogP contribution is -2.38. The highest BCUT2D eigenvalue weighted by Gasteiger charge is 2.22. The van der Waals surface area contributed by atoms with E-state index in [0.717, 1.165) is 0 Å². The normalized spacial score (nSPS) is 24.2. The minimum Gasteiger partial charge on any atom is -0.297 e. The highest BCUT2D eigenvalue weighted by Crippen LogP contribution is 2.17. The van der Waals surface area contributed by atoms with Crippen LogP contribution in [0.15, 0.2) is 11.6 Å². The largest absolute Gasteiger partial charge is 0.297 e. The summed E-state index contributed by atoms with van der Waals surface area (Å²) in [5.74, 6) is -0.0811. The SMILES string of the molecule is CN1CC=C(C(=O)CCl)C[C@H]1CF. The van der Waals surface area contributed by atoms with Crippen molar-refractivity contribution < 1.29 is 9.18 Å². The first kappa shape index (κ1) is 10.7. The number of likely N-dealkylation sites (N-methyl/N-ethyl adjacent to an activating group) is 1. The van der Waals surface area contributed by atoms with Crippen LogP contribution in [0.5, 0.6) is 0 Å². The van der Waals surface area contributed by atoms with Crippen LogP contribution < -0.4 is 0 Å². The van der Waals surface area contributed by atoms with Crippen molar-refractivity contribution >= 4 is 17.4 Å². The Kier molecular flexibility index (Phi) is 3.88. The lowest BCUT2D eigenvalue weighted by atomic mass is 9.99. The van der Waals surface area contributed by atoms with Gasteiger partial charge in [-0.25, -0.2) is 4.39 Å². The highest BCUT2D eigenvalue weighted by molar-refractivity contribution is 6.30. The fourth-order valence-corrected chi connectivity index (χ4v) is 1.55. The molecule has 1 heterocycles. The zero-order valence-corrected chi connectivity index (χ0v) is 8.35. The van der Waals surface area contributed by atoms with Gasteiger partial charge < -0.3 is 0 Å². The number of rotatable bonds is 3. The molecule has 0 fully saturated rings. The zero-order valence-electron chi connectivity index (χ0n) is 7.59. The number of hydrogen-bond acceptors (Lipinski definition) is 2. The van der Waals surface area contributed by atoms with Crippen molar-refractivity contribution in [3.05, 3.63) is 11.6 Å².